The molecule has 2 atom stereocenters. The van der Waals surface area contributed by atoms with E-state index < -0.39 is 0 Å². The van der Waals surface area contributed by atoms with Crippen molar-refractivity contribution in [3.63, 3.8) is 0 Å². The van der Waals surface area contributed by atoms with Gasteiger partial charge in [-0.1, -0.05) is 121 Å². The Balaban J connectivity index is 0.000000178. The molecule has 2 aliphatic heterocycles. The van der Waals surface area contributed by atoms with Gasteiger partial charge in [-0.25, -0.2) is 0 Å². The second kappa shape index (κ2) is 16.7. The van der Waals surface area contributed by atoms with Gasteiger partial charge in [-0.05, 0) is 35.1 Å². The number of rotatable bonds is 10. The molecule has 0 radical (unpaired) electrons. The second-order valence-electron chi connectivity index (χ2n) is 12.2. The molecule has 0 saturated carbocycles. The first-order chi connectivity index (χ1) is 22.0. The predicted octanol–water partition coefficient (Wildman–Crippen LogP) is 6.28. The SMILES string of the molecule is CN1C[C@@H](N(Cc2ccccc2)Cc2ccccc2)CCC1=O.O=C1CC[C@H](N(Cc2ccccc2)Cc2ccccc2)CN1. The molecule has 0 bridgehead atoms. The third kappa shape index (κ3) is 10.1. The van der Waals surface area contributed by atoms with Crippen molar-refractivity contribution in [2.75, 3.05) is 20.1 Å². The van der Waals surface area contributed by atoms with Crippen molar-refractivity contribution < 1.29 is 9.59 Å². The third-order valence-electron chi connectivity index (χ3n) is 8.79. The van der Waals surface area contributed by atoms with Gasteiger partial charge in [0.25, 0.3) is 0 Å². The molecular weight excluding hydrogens is 556 g/mol. The number of nitrogens with one attached hydrogen (secondary N) is 1. The summed E-state index contributed by atoms with van der Waals surface area (Å²) in [6.07, 6.45) is 3.17. The van der Waals surface area contributed by atoms with E-state index in [9.17, 15) is 9.59 Å². The maximum Gasteiger partial charge on any atom is 0.222 e. The van der Waals surface area contributed by atoms with E-state index in [1.807, 2.05) is 24.1 Å². The first kappa shape index (κ1) is 32.1. The highest BCUT2D eigenvalue weighted by Gasteiger charge is 2.28. The van der Waals surface area contributed by atoms with Crippen molar-refractivity contribution >= 4 is 11.8 Å². The highest BCUT2D eigenvalue weighted by molar-refractivity contribution is 5.77. The Bertz CT molecular complexity index is 1360. The van der Waals surface area contributed by atoms with Crippen molar-refractivity contribution in [3.8, 4) is 0 Å². The van der Waals surface area contributed by atoms with Gasteiger partial charge in [0, 0.05) is 71.2 Å². The summed E-state index contributed by atoms with van der Waals surface area (Å²) in [5.41, 5.74) is 5.27. The van der Waals surface area contributed by atoms with Crippen LogP contribution in [0.2, 0.25) is 0 Å². The average molecular weight is 603 g/mol. The predicted molar refractivity (Wildman–Crippen MR) is 181 cm³/mol. The molecule has 0 unspecified atom stereocenters. The first-order valence-electron chi connectivity index (χ1n) is 16.2. The van der Waals surface area contributed by atoms with Crippen molar-refractivity contribution in [2.24, 2.45) is 0 Å². The lowest BCUT2D eigenvalue weighted by Gasteiger charge is -2.38. The van der Waals surface area contributed by atoms with Gasteiger partial charge in [-0.2, -0.15) is 0 Å². The lowest BCUT2D eigenvalue weighted by Crippen LogP contribution is -2.48. The number of piperidine rings is 2. The lowest BCUT2D eigenvalue weighted by molar-refractivity contribution is -0.134. The van der Waals surface area contributed by atoms with Crippen molar-refractivity contribution in [1.82, 2.24) is 20.0 Å². The molecule has 4 aromatic carbocycles. The largest absolute Gasteiger partial charge is 0.355 e. The molecule has 2 heterocycles. The van der Waals surface area contributed by atoms with Crippen LogP contribution >= 0.6 is 0 Å². The molecule has 1 N–H and O–H groups in total. The topological polar surface area (TPSA) is 55.9 Å². The molecule has 0 aliphatic carbocycles. The van der Waals surface area contributed by atoms with E-state index in [1.54, 1.807) is 0 Å². The number of hydrogen-bond donors (Lipinski definition) is 1. The van der Waals surface area contributed by atoms with Crippen LogP contribution in [0.15, 0.2) is 121 Å². The Morgan fingerprint density at radius 1 is 0.578 bits per heavy atom. The van der Waals surface area contributed by atoms with Gasteiger partial charge < -0.3 is 10.2 Å². The molecule has 0 spiro atoms. The first-order valence-corrected chi connectivity index (χ1v) is 16.2. The van der Waals surface area contributed by atoms with E-state index in [2.05, 4.69) is 124 Å². The van der Waals surface area contributed by atoms with Crippen LogP contribution in [-0.2, 0) is 35.8 Å². The molecular formula is C39H46N4O2. The standard InChI is InChI=1S/C20H24N2O.C19H22N2O/c1-21-16-19(12-13-20(21)23)22(14-17-8-4-2-5-9-17)15-18-10-6-3-7-11-18;22-19-12-11-18(13-20-19)21(14-16-7-3-1-4-8-16)15-17-9-5-2-6-10-17/h2-11,19H,12-16H2,1H3;1-10,18H,11-15H2,(H,20,22)/t19-;18-/m00/s1. The summed E-state index contributed by atoms with van der Waals surface area (Å²) in [6.45, 7) is 5.23. The monoisotopic (exact) mass is 602 g/mol. The van der Waals surface area contributed by atoms with Crippen molar-refractivity contribution in [1.29, 1.82) is 0 Å². The number of nitrogens with zero attached hydrogens (tertiary/aromatic N) is 3. The fraction of sp³-hybridized carbons (Fsp3) is 0.333. The van der Waals surface area contributed by atoms with E-state index in [1.165, 1.54) is 22.3 Å². The fourth-order valence-electron chi connectivity index (χ4n) is 6.22. The molecule has 2 fully saturated rings. The molecule has 2 amide bonds. The number of likely N-dealkylation sites (N-methyl/N-ethyl adjacent to an activating group) is 1. The van der Waals surface area contributed by atoms with E-state index in [4.69, 9.17) is 0 Å². The third-order valence-corrected chi connectivity index (χ3v) is 8.79. The van der Waals surface area contributed by atoms with Crippen molar-refractivity contribution in [2.45, 2.75) is 63.9 Å². The summed E-state index contributed by atoms with van der Waals surface area (Å²) in [5.74, 6) is 0.441. The zero-order valence-corrected chi connectivity index (χ0v) is 26.4. The van der Waals surface area contributed by atoms with Gasteiger partial charge in [0.15, 0.2) is 0 Å². The van der Waals surface area contributed by atoms with E-state index in [0.717, 1.165) is 52.1 Å². The van der Waals surface area contributed by atoms with Crippen LogP contribution in [0.4, 0.5) is 0 Å². The van der Waals surface area contributed by atoms with Gasteiger partial charge in [0.2, 0.25) is 11.8 Å². The zero-order chi connectivity index (χ0) is 31.3. The Labute approximate surface area is 268 Å². The summed E-state index contributed by atoms with van der Waals surface area (Å²) < 4.78 is 0. The highest BCUT2D eigenvalue weighted by Crippen LogP contribution is 2.21. The molecule has 2 saturated heterocycles. The maximum atomic E-state index is 11.8. The Morgan fingerprint density at radius 2 is 0.956 bits per heavy atom. The summed E-state index contributed by atoms with van der Waals surface area (Å²) in [7, 11) is 1.91. The molecule has 6 nitrogen and oxygen atoms in total. The highest BCUT2D eigenvalue weighted by atomic mass is 16.2. The number of carbonyl (C=O) groups excluding carboxylic acids is 2. The Hall–Kier alpha value is -4.26. The van der Waals surface area contributed by atoms with Crippen LogP contribution in [-0.4, -0.2) is 58.7 Å². The lowest BCUT2D eigenvalue weighted by atomic mass is 10.0. The van der Waals surface area contributed by atoms with Gasteiger partial charge >= 0.3 is 0 Å². The number of carbonyl (C=O) groups is 2. The summed E-state index contributed by atoms with van der Waals surface area (Å²) in [6, 6.07) is 43.1. The van der Waals surface area contributed by atoms with Crippen LogP contribution in [0.3, 0.4) is 0 Å². The minimum Gasteiger partial charge on any atom is -0.355 e. The van der Waals surface area contributed by atoms with Crippen LogP contribution < -0.4 is 5.32 Å². The van der Waals surface area contributed by atoms with E-state index in [0.29, 0.717) is 24.9 Å². The van der Waals surface area contributed by atoms with Crippen LogP contribution in [0, 0.1) is 0 Å². The normalized spacial score (nSPS) is 18.3. The summed E-state index contributed by atoms with van der Waals surface area (Å²) in [5, 5.41) is 3.00. The smallest absolute Gasteiger partial charge is 0.222 e. The Kier molecular flexibility index (Phi) is 11.9. The van der Waals surface area contributed by atoms with Crippen LogP contribution in [0.1, 0.15) is 47.9 Å². The van der Waals surface area contributed by atoms with Crippen LogP contribution in [0.25, 0.3) is 0 Å². The molecule has 4 aromatic rings. The Morgan fingerprint density at radius 3 is 1.31 bits per heavy atom. The van der Waals surface area contributed by atoms with Gasteiger partial charge in [-0.15, -0.1) is 0 Å². The summed E-state index contributed by atoms with van der Waals surface area (Å²) in [4.78, 5) is 30.1. The summed E-state index contributed by atoms with van der Waals surface area (Å²) >= 11 is 0. The van der Waals surface area contributed by atoms with E-state index >= 15 is 0 Å². The zero-order valence-electron chi connectivity index (χ0n) is 26.4. The van der Waals surface area contributed by atoms with Crippen molar-refractivity contribution in [3.05, 3.63) is 144 Å². The minimum absolute atomic E-state index is 0.177. The van der Waals surface area contributed by atoms with Crippen LogP contribution in [0.5, 0.6) is 0 Å². The number of hydrogen-bond acceptors (Lipinski definition) is 4. The quantitative estimate of drug-likeness (QED) is 0.232. The number of benzene rings is 4. The average Bonchev–Trinajstić information content (AvgIpc) is 3.08. The fourth-order valence-corrected chi connectivity index (χ4v) is 6.22. The molecule has 6 heteroatoms. The van der Waals surface area contributed by atoms with E-state index in [-0.39, 0.29) is 11.8 Å². The molecule has 234 valence electrons. The van der Waals surface area contributed by atoms with Gasteiger partial charge in [0.05, 0.1) is 0 Å². The molecule has 6 rings (SSSR count). The number of likely N-dealkylation sites (tertiary alicyclic amines) is 1. The molecule has 45 heavy (non-hydrogen) atoms. The maximum absolute atomic E-state index is 11.8. The second-order valence-corrected chi connectivity index (χ2v) is 12.2. The van der Waals surface area contributed by atoms with Gasteiger partial charge in [-0.3, -0.25) is 19.4 Å². The molecule has 2 aliphatic rings. The minimum atomic E-state index is 0.177. The molecule has 0 aromatic heterocycles. The van der Waals surface area contributed by atoms with Gasteiger partial charge in [0.1, 0.15) is 0 Å². The number of amides is 2.